The molecule has 2 N–H and O–H groups in total. The number of carbonyl (C=O) groups excluding carboxylic acids is 1. The Bertz CT molecular complexity index is 444. The van der Waals surface area contributed by atoms with Gasteiger partial charge in [0.2, 0.25) is 0 Å². The average Bonchev–Trinajstić information content (AvgIpc) is 2.74. The van der Waals surface area contributed by atoms with Crippen molar-refractivity contribution >= 4 is 28.0 Å². The fraction of sp³-hybridized carbons (Fsp3) is 0.615. The van der Waals surface area contributed by atoms with E-state index < -0.39 is 0 Å². The van der Waals surface area contributed by atoms with Crippen LogP contribution in [0.2, 0.25) is 0 Å². The third-order valence-electron chi connectivity index (χ3n) is 3.76. The third kappa shape index (κ3) is 2.46. The van der Waals surface area contributed by atoms with E-state index in [-0.39, 0.29) is 5.97 Å². The zero-order chi connectivity index (χ0) is 13.3. The minimum atomic E-state index is -0.345. The summed E-state index contributed by atoms with van der Waals surface area (Å²) in [7, 11) is 1.38. The number of nitrogens with zero attached hydrogens (tertiary/aromatic N) is 1. The summed E-state index contributed by atoms with van der Waals surface area (Å²) < 4.78 is 4.73. The molecule has 2 atom stereocenters. The highest BCUT2D eigenvalue weighted by molar-refractivity contribution is 7.18. The summed E-state index contributed by atoms with van der Waals surface area (Å²) >= 11 is 1.43. The Hall–Kier alpha value is -1.23. The van der Waals surface area contributed by atoms with E-state index in [9.17, 15) is 4.79 Å². The Labute approximate surface area is 112 Å². The molecule has 18 heavy (non-hydrogen) atoms. The lowest BCUT2D eigenvalue weighted by Gasteiger charge is -2.35. The van der Waals surface area contributed by atoms with E-state index in [0.29, 0.717) is 16.5 Å². The van der Waals surface area contributed by atoms with Crippen LogP contribution >= 0.6 is 11.3 Å². The van der Waals surface area contributed by atoms with Gasteiger partial charge in [0, 0.05) is 13.1 Å². The van der Waals surface area contributed by atoms with Crippen LogP contribution in [0.1, 0.15) is 29.9 Å². The van der Waals surface area contributed by atoms with Gasteiger partial charge in [-0.05, 0) is 24.3 Å². The van der Waals surface area contributed by atoms with E-state index in [1.54, 1.807) is 0 Å². The minimum absolute atomic E-state index is 0.345. The Morgan fingerprint density at radius 2 is 2.22 bits per heavy atom. The number of hydrogen-bond acceptors (Lipinski definition) is 5. The SMILES string of the molecule is COC(=O)c1sc(N2CCC(C)C(C)C2)cc1N. The fourth-order valence-corrected chi connectivity index (χ4v) is 3.30. The van der Waals surface area contributed by atoms with Crippen LogP contribution in [-0.4, -0.2) is 26.2 Å². The number of thiophene rings is 1. The van der Waals surface area contributed by atoms with Crippen molar-refractivity contribution in [3.05, 3.63) is 10.9 Å². The van der Waals surface area contributed by atoms with Crippen LogP contribution in [0.4, 0.5) is 10.7 Å². The molecule has 0 saturated carbocycles. The first-order chi connectivity index (χ1) is 8.52. The van der Waals surface area contributed by atoms with Crippen LogP contribution < -0.4 is 10.6 Å². The first kappa shape index (κ1) is 13.2. The van der Waals surface area contributed by atoms with Crippen LogP contribution in [-0.2, 0) is 4.74 Å². The van der Waals surface area contributed by atoms with Gasteiger partial charge >= 0.3 is 5.97 Å². The lowest BCUT2D eigenvalue weighted by atomic mass is 9.89. The number of esters is 1. The summed E-state index contributed by atoms with van der Waals surface area (Å²) in [6.45, 7) is 6.63. The molecule has 5 heteroatoms. The van der Waals surface area contributed by atoms with Gasteiger partial charge in [0.15, 0.2) is 0 Å². The molecule has 0 aliphatic carbocycles. The number of nitrogens with two attached hydrogens (primary N) is 1. The summed E-state index contributed by atoms with van der Waals surface area (Å²) in [5.41, 5.74) is 6.39. The van der Waals surface area contributed by atoms with Crippen molar-refractivity contribution in [3.8, 4) is 0 Å². The van der Waals surface area contributed by atoms with Crippen molar-refractivity contribution < 1.29 is 9.53 Å². The van der Waals surface area contributed by atoms with Crippen molar-refractivity contribution in [1.29, 1.82) is 0 Å². The number of hydrogen-bond donors (Lipinski definition) is 1. The van der Waals surface area contributed by atoms with Crippen LogP contribution in [0, 0.1) is 11.8 Å². The summed E-state index contributed by atoms with van der Waals surface area (Å²) in [5.74, 6) is 1.09. The number of ether oxygens (including phenoxy) is 1. The summed E-state index contributed by atoms with van der Waals surface area (Å²) in [5, 5.41) is 1.08. The second-order valence-corrected chi connectivity index (χ2v) is 6.08. The smallest absolute Gasteiger partial charge is 0.350 e. The van der Waals surface area contributed by atoms with Crippen LogP contribution in [0.5, 0.6) is 0 Å². The van der Waals surface area contributed by atoms with Gasteiger partial charge in [0.05, 0.1) is 17.8 Å². The van der Waals surface area contributed by atoms with Gasteiger partial charge in [-0.3, -0.25) is 0 Å². The molecule has 0 radical (unpaired) electrons. The maximum Gasteiger partial charge on any atom is 0.350 e. The number of methoxy groups -OCH3 is 1. The number of anilines is 2. The average molecular weight is 268 g/mol. The molecule has 0 bridgehead atoms. The van der Waals surface area contributed by atoms with Gasteiger partial charge in [0.25, 0.3) is 0 Å². The standard InChI is InChI=1S/C13H20N2O2S/c1-8-4-5-15(7-9(8)2)11-6-10(14)12(18-11)13(16)17-3/h6,8-9H,4-5,7,14H2,1-3H3. The molecule has 2 unspecified atom stereocenters. The monoisotopic (exact) mass is 268 g/mol. The van der Waals surface area contributed by atoms with E-state index in [1.807, 2.05) is 6.07 Å². The zero-order valence-electron chi connectivity index (χ0n) is 11.1. The van der Waals surface area contributed by atoms with Crippen molar-refractivity contribution in [2.75, 3.05) is 30.8 Å². The fourth-order valence-electron chi connectivity index (χ4n) is 2.26. The highest BCUT2D eigenvalue weighted by Crippen LogP contribution is 2.35. The molecule has 1 fully saturated rings. The van der Waals surface area contributed by atoms with Crippen molar-refractivity contribution in [3.63, 3.8) is 0 Å². The lowest BCUT2D eigenvalue weighted by Crippen LogP contribution is -2.37. The van der Waals surface area contributed by atoms with E-state index in [4.69, 9.17) is 10.5 Å². The molecule has 1 aliphatic rings. The van der Waals surface area contributed by atoms with Crippen LogP contribution in [0.15, 0.2) is 6.07 Å². The summed E-state index contributed by atoms with van der Waals surface area (Å²) in [6.07, 6.45) is 1.19. The molecule has 1 aromatic heterocycles. The maximum atomic E-state index is 11.5. The molecular weight excluding hydrogens is 248 g/mol. The van der Waals surface area contributed by atoms with Crippen LogP contribution in [0.3, 0.4) is 0 Å². The third-order valence-corrected chi connectivity index (χ3v) is 4.96. The lowest BCUT2D eigenvalue weighted by molar-refractivity contribution is 0.0607. The topological polar surface area (TPSA) is 55.6 Å². The Kier molecular flexibility index (Phi) is 3.80. The summed E-state index contributed by atoms with van der Waals surface area (Å²) in [4.78, 5) is 14.4. The number of rotatable bonds is 2. The molecule has 2 heterocycles. The van der Waals surface area contributed by atoms with Gasteiger partial charge in [-0.25, -0.2) is 4.79 Å². The van der Waals surface area contributed by atoms with Gasteiger partial charge in [0.1, 0.15) is 4.88 Å². The molecule has 1 aliphatic heterocycles. The van der Waals surface area contributed by atoms with E-state index >= 15 is 0 Å². The van der Waals surface area contributed by atoms with Crippen molar-refractivity contribution in [2.24, 2.45) is 11.8 Å². The van der Waals surface area contributed by atoms with Crippen molar-refractivity contribution in [1.82, 2.24) is 0 Å². The molecular formula is C13H20N2O2S. The van der Waals surface area contributed by atoms with Gasteiger partial charge in [-0.1, -0.05) is 13.8 Å². The Balaban J connectivity index is 2.17. The molecule has 4 nitrogen and oxygen atoms in total. The quantitative estimate of drug-likeness (QED) is 0.838. The summed E-state index contributed by atoms with van der Waals surface area (Å²) in [6, 6.07) is 1.89. The predicted octanol–water partition coefficient (Wildman–Crippen LogP) is 2.60. The van der Waals surface area contributed by atoms with Gasteiger partial charge in [-0.2, -0.15) is 0 Å². The second-order valence-electron chi connectivity index (χ2n) is 5.05. The first-order valence-electron chi connectivity index (χ1n) is 6.25. The van der Waals surface area contributed by atoms with Gasteiger partial charge in [-0.15, -0.1) is 11.3 Å². The minimum Gasteiger partial charge on any atom is -0.465 e. The molecule has 100 valence electrons. The van der Waals surface area contributed by atoms with E-state index in [0.717, 1.165) is 24.0 Å². The number of nitrogen functional groups attached to an aromatic ring is 1. The van der Waals surface area contributed by atoms with E-state index in [1.165, 1.54) is 24.9 Å². The predicted molar refractivity (Wildman–Crippen MR) is 75.2 cm³/mol. The van der Waals surface area contributed by atoms with E-state index in [2.05, 4.69) is 18.7 Å². The van der Waals surface area contributed by atoms with Crippen LogP contribution in [0.25, 0.3) is 0 Å². The largest absolute Gasteiger partial charge is 0.465 e. The van der Waals surface area contributed by atoms with Gasteiger partial charge < -0.3 is 15.4 Å². The Morgan fingerprint density at radius 3 is 2.83 bits per heavy atom. The molecule has 1 saturated heterocycles. The van der Waals surface area contributed by atoms with Crippen molar-refractivity contribution in [2.45, 2.75) is 20.3 Å². The maximum absolute atomic E-state index is 11.5. The normalized spacial score (nSPS) is 24.1. The molecule has 0 amide bonds. The second kappa shape index (κ2) is 5.18. The molecule has 0 aromatic carbocycles. The first-order valence-corrected chi connectivity index (χ1v) is 7.07. The number of carbonyl (C=O) groups is 1. The Morgan fingerprint density at radius 1 is 1.50 bits per heavy atom. The molecule has 2 rings (SSSR count). The molecule has 0 spiro atoms. The number of piperidine rings is 1. The molecule has 1 aromatic rings. The highest BCUT2D eigenvalue weighted by atomic mass is 32.1. The zero-order valence-corrected chi connectivity index (χ0v) is 11.9. The highest BCUT2D eigenvalue weighted by Gasteiger charge is 2.25.